The third-order valence-corrected chi connectivity index (χ3v) is 2.32. The van der Waals surface area contributed by atoms with Gasteiger partial charge in [-0.05, 0) is 0 Å². The fourth-order valence-electron chi connectivity index (χ4n) is 1.38. The molecule has 0 aliphatic carbocycles. The van der Waals surface area contributed by atoms with E-state index >= 15 is 0 Å². The van der Waals surface area contributed by atoms with E-state index in [1.54, 1.807) is 0 Å². The highest BCUT2D eigenvalue weighted by atomic mass is 16.4. The van der Waals surface area contributed by atoms with Gasteiger partial charge in [0.25, 0.3) is 0 Å². The van der Waals surface area contributed by atoms with E-state index in [9.17, 15) is 24.9 Å². The van der Waals surface area contributed by atoms with Gasteiger partial charge in [-0.1, -0.05) is 6.08 Å². The van der Waals surface area contributed by atoms with Gasteiger partial charge >= 0.3 is 0 Å². The summed E-state index contributed by atoms with van der Waals surface area (Å²) in [4.78, 5) is 22.6. The van der Waals surface area contributed by atoms with Gasteiger partial charge in [-0.3, -0.25) is 9.59 Å². The number of nitrogens with one attached hydrogen (secondary N) is 1. The summed E-state index contributed by atoms with van der Waals surface area (Å²) in [5, 5.41) is 39.3. The molecule has 0 aliphatic heterocycles. The van der Waals surface area contributed by atoms with Crippen LogP contribution in [0.1, 0.15) is 13.3 Å². The number of ketones is 1. The number of Topliss-reactive ketones (excluding diaryl/α,β-unsaturated/α-hetero) is 1. The molecule has 0 saturated carbocycles. The Morgan fingerprint density at radius 1 is 1.28 bits per heavy atom. The van der Waals surface area contributed by atoms with Gasteiger partial charge in [0, 0.05) is 13.3 Å². The Morgan fingerprint density at radius 3 is 2.22 bits per heavy atom. The topological polar surface area (TPSA) is 127 Å². The minimum absolute atomic E-state index is 0.107. The number of hydrogen-bond donors (Lipinski definition) is 5. The van der Waals surface area contributed by atoms with Gasteiger partial charge in [-0.25, -0.2) is 0 Å². The number of aliphatic hydroxyl groups is 4. The molecule has 0 bridgehead atoms. The van der Waals surface area contributed by atoms with E-state index in [-0.39, 0.29) is 6.42 Å². The van der Waals surface area contributed by atoms with E-state index in [1.807, 2.05) is 0 Å². The van der Waals surface area contributed by atoms with Crippen LogP contribution in [0.5, 0.6) is 0 Å². The number of allylic oxidation sites excluding steroid dienone is 1. The summed E-state index contributed by atoms with van der Waals surface area (Å²) in [7, 11) is 0. The summed E-state index contributed by atoms with van der Waals surface area (Å²) < 4.78 is 0. The second-order valence-corrected chi connectivity index (χ2v) is 3.87. The highest BCUT2D eigenvalue weighted by Crippen LogP contribution is 2.08. The minimum Gasteiger partial charge on any atom is -0.394 e. The van der Waals surface area contributed by atoms with Crippen molar-refractivity contribution in [1.82, 2.24) is 5.32 Å². The van der Waals surface area contributed by atoms with Gasteiger partial charge in [-0.15, -0.1) is 6.58 Å². The quantitative estimate of drug-likeness (QED) is 0.313. The van der Waals surface area contributed by atoms with Crippen molar-refractivity contribution in [2.75, 3.05) is 6.61 Å². The van der Waals surface area contributed by atoms with Crippen molar-refractivity contribution in [2.24, 2.45) is 0 Å². The van der Waals surface area contributed by atoms with Gasteiger partial charge in [0.05, 0.1) is 6.61 Å². The molecule has 0 aromatic rings. The first-order valence-corrected chi connectivity index (χ1v) is 5.40. The monoisotopic (exact) mass is 261 g/mol. The maximum absolute atomic E-state index is 11.6. The van der Waals surface area contributed by atoms with E-state index in [1.165, 1.54) is 6.08 Å². The Bertz CT molecular complexity index is 306. The van der Waals surface area contributed by atoms with Gasteiger partial charge in [0.2, 0.25) is 5.91 Å². The van der Waals surface area contributed by atoms with Crippen LogP contribution in [-0.4, -0.2) is 63.1 Å². The highest BCUT2D eigenvalue weighted by molar-refractivity contribution is 5.89. The molecule has 7 heteroatoms. The molecule has 104 valence electrons. The zero-order valence-corrected chi connectivity index (χ0v) is 10.1. The lowest BCUT2D eigenvalue weighted by Crippen LogP contribution is -2.55. The molecular formula is C11H19NO6. The van der Waals surface area contributed by atoms with Crippen molar-refractivity contribution < 1.29 is 30.0 Å². The minimum atomic E-state index is -1.75. The summed E-state index contributed by atoms with van der Waals surface area (Å²) in [5.41, 5.74) is 0. The maximum atomic E-state index is 11.6. The van der Waals surface area contributed by atoms with Crippen molar-refractivity contribution in [2.45, 2.75) is 37.7 Å². The zero-order valence-electron chi connectivity index (χ0n) is 10.1. The average molecular weight is 261 g/mol. The second-order valence-electron chi connectivity index (χ2n) is 3.87. The van der Waals surface area contributed by atoms with Crippen LogP contribution < -0.4 is 5.32 Å². The lowest BCUT2D eigenvalue weighted by molar-refractivity contribution is -0.135. The third-order valence-electron chi connectivity index (χ3n) is 2.32. The Morgan fingerprint density at radius 2 is 1.83 bits per heavy atom. The van der Waals surface area contributed by atoms with E-state index in [4.69, 9.17) is 5.11 Å². The van der Waals surface area contributed by atoms with Crippen LogP contribution >= 0.6 is 0 Å². The van der Waals surface area contributed by atoms with Crippen LogP contribution in [0.25, 0.3) is 0 Å². The highest BCUT2D eigenvalue weighted by Gasteiger charge is 2.35. The molecule has 0 unspecified atom stereocenters. The van der Waals surface area contributed by atoms with Crippen molar-refractivity contribution in [3.63, 3.8) is 0 Å². The predicted molar refractivity (Wildman–Crippen MR) is 62.5 cm³/mol. The van der Waals surface area contributed by atoms with E-state index < -0.39 is 42.7 Å². The first-order chi connectivity index (χ1) is 8.34. The standard InChI is InChI=1S/C11H19NO6/c1-3-4-7(15)9(12-6(2)14)11(18)10(17)8(16)5-13/h3,8-11,13,16-18H,1,4-5H2,2H3,(H,12,14)/t8-,9+,10-,11-/m1/s1. The van der Waals surface area contributed by atoms with Crippen molar-refractivity contribution in [3.05, 3.63) is 12.7 Å². The Balaban J connectivity index is 4.88. The Kier molecular flexibility index (Phi) is 7.37. The molecule has 0 saturated heterocycles. The van der Waals surface area contributed by atoms with Crippen LogP contribution in [-0.2, 0) is 9.59 Å². The summed E-state index contributed by atoms with van der Waals surface area (Å²) in [5.74, 6) is -1.13. The fraction of sp³-hybridized carbons (Fsp3) is 0.636. The predicted octanol–water partition coefficient (Wildman–Crippen LogP) is -2.29. The second kappa shape index (κ2) is 7.93. The summed E-state index contributed by atoms with van der Waals surface area (Å²) in [6, 6.07) is -1.36. The number of hydrogen-bond acceptors (Lipinski definition) is 6. The summed E-state index contributed by atoms with van der Waals surface area (Å²) in [6.45, 7) is 3.72. The number of carbonyl (C=O) groups excluding carboxylic acids is 2. The molecule has 0 fully saturated rings. The third kappa shape index (κ3) is 4.92. The molecule has 0 aromatic carbocycles. The van der Waals surface area contributed by atoms with Crippen LogP contribution in [0, 0.1) is 0 Å². The molecule has 4 atom stereocenters. The molecule has 0 heterocycles. The average Bonchev–Trinajstić information content (AvgIpc) is 2.33. The molecule has 7 nitrogen and oxygen atoms in total. The fourth-order valence-corrected chi connectivity index (χ4v) is 1.38. The summed E-state index contributed by atoms with van der Waals surface area (Å²) in [6.07, 6.45) is -3.89. The molecule has 0 radical (unpaired) electrons. The summed E-state index contributed by atoms with van der Waals surface area (Å²) >= 11 is 0. The van der Waals surface area contributed by atoms with Gasteiger partial charge in [0.1, 0.15) is 24.4 Å². The van der Waals surface area contributed by atoms with E-state index in [0.29, 0.717) is 0 Å². The lowest BCUT2D eigenvalue weighted by atomic mass is 9.96. The maximum Gasteiger partial charge on any atom is 0.217 e. The van der Waals surface area contributed by atoms with E-state index in [0.717, 1.165) is 6.92 Å². The van der Waals surface area contributed by atoms with Gasteiger partial charge in [-0.2, -0.15) is 0 Å². The zero-order chi connectivity index (χ0) is 14.3. The first kappa shape index (κ1) is 16.7. The Hall–Kier alpha value is -1.28. The van der Waals surface area contributed by atoms with Crippen LogP contribution in [0.2, 0.25) is 0 Å². The molecule has 1 amide bonds. The van der Waals surface area contributed by atoms with Crippen LogP contribution in [0.15, 0.2) is 12.7 Å². The van der Waals surface area contributed by atoms with Crippen molar-refractivity contribution in [3.8, 4) is 0 Å². The normalized spacial score (nSPS) is 17.4. The molecular weight excluding hydrogens is 242 g/mol. The molecule has 18 heavy (non-hydrogen) atoms. The number of amides is 1. The number of aliphatic hydroxyl groups excluding tert-OH is 4. The van der Waals surface area contributed by atoms with Crippen LogP contribution in [0.3, 0.4) is 0 Å². The van der Waals surface area contributed by atoms with Crippen LogP contribution in [0.4, 0.5) is 0 Å². The number of rotatable bonds is 8. The molecule has 0 aromatic heterocycles. The largest absolute Gasteiger partial charge is 0.394 e. The van der Waals surface area contributed by atoms with Gasteiger partial charge < -0.3 is 25.7 Å². The molecule has 0 rings (SSSR count). The SMILES string of the molecule is C=CCC(=O)[C@H](NC(C)=O)[C@@H](O)[C@H](O)[C@H](O)CO. The number of carbonyl (C=O) groups is 2. The first-order valence-electron chi connectivity index (χ1n) is 5.40. The van der Waals surface area contributed by atoms with Crippen molar-refractivity contribution in [1.29, 1.82) is 0 Å². The molecule has 0 aliphatic rings. The van der Waals surface area contributed by atoms with Gasteiger partial charge in [0.15, 0.2) is 5.78 Å². The Labute approximate surface area is 105 Å². The lowest BCUT2D eigenvalue weighted by Gasteiger charge is -2.28. The molecule has 5 N–H and O–H groups in total. The smallest absolute Gasteiger partial charge is 0.217 e. The van der Waals surface area contributed by atoms with Crippen molar-refractivity contribution >= 4 is 11.7 Å². The molecule has 0 spiro atoms. The van der Waals surface area contributed by atoms with E-state index in [2.05, 4.69) is 11.9 Å².